The molecule has 1 saturated heterocycles. The lowest BCUT2D eigenvalue weighted by Gasteiger charge is -2.31. The normalized spacial score (nSPS) is 21.9. The molecule has 1 unspecified atom stereocenters. The molecule has 0 radical (unpaired) electrons. The number of ether oxygens (including phenoxy) is 1. The van der Waals surface area contributed by atoms with E-state index in [1.54, 1.807) is 0 Å². The van der Waals surface area contributed by atoms with Gasteiger partial charge in [0.25, 0.3) is 0 Å². The molecule has 1 atom stereocenters. The van der Waals surface area contributed by atoms with E-state index in [-0.39, 0.29) is 11.9 Å². The number of rotatable bonds is 3. The predicted octanol–water partition coefficient (Wildman–Crippen LogP) is 1.53. The van der Waals surface area contributed by atoms with Gasteiger partial charge in [0.2, 0.25) is 0 Å². The molecule has 14 heavy (non-hydrogen) atoms. The van der Waals surface area contributed by atoms with E-state index in [0.29, 0.717) is 12.5 Å². The lowest BCUT2D eigenvalue weighted by atomic mass is 9.85. The van der Waals surface area contributed by atoms with E-state index in [2.05, 4.69) is 11.9 Å². The third kappa shape index (κ3) is 2.98. The van der Waals surface area contributed by atoms with E-state index < -0.39 is 0 Å². The molecule has 1 aliphatic heterocycles. The Balaban J connectivity index is 2.37. The van der Waals surface area contributed by atoms with Crippen molar-refractivity contribution in [3.8, 4) is 0 Å². The molecule has 0 bridgehead atoms. The molecule has 0 amide bonds. The van der Waals surface area contributed by atoms with Gasteiger partial charge < -0.3 is 9.64 Å². The first-order chi connectivity index (χ1) is 6.65. The third-order valence-electron chi connectivity index (χ3n) is 3.13. The molecule has 3 nitrogen and oxygen atoms in total. The molecule has 1 aliphatic rings. The molecule has 0 aromatic heterocycles. The number of carbonyl (C=O) groups excluding carboxylic acids is 1. The topological polar surface area (TPSA) is 29.5 Å². The second kappa shape index (κ2) is 5.35. The Morgan fingerprint density at radius 2 is 2.07 bits per heavy atom. The van der Waals surface area contributed by atoms with Crippen LogP contribution in [0.5, 0.6) is 0 Å². The third-order valence-corrected chi connectivity index (χ3v) is 3.13. The Hall–Kier alpha value is -0.570. The summed E-state index contributed by atoms with van der Waals surface area (Å²) in [5, 5.41) is 0. The molecule has 0 saturated carbocycles. The van der Waals surface area contributed by atoms with E-state index in [4.69, 9.17) is 4.74 Å². The minimum atomic E-state index is -0.0259. The first-order valence-electron chi connectivity index (χ1n) is 5.50. The summed E-state index contributed by atoms with van der Waals surface area (Å²) >= 11 is 0. The van der Waals surface area contributed by atoms with Gasteiger partial charge in [-0.1, -0.05) is 6.92 Å². The number of nitrogens with zero attached hydrogens (tertiary/aromatic N) is 1. The molecule has 0 aromatic rings. The lowest BCUT2D eigenvalue weighted by molar-refractivity contribution is -0.149. The van der Waals surface area contributed by atoms with Crippen molar-refractivity contribution >= 4 is 5.97 Å². The number of carbonyl (C=O) groups is 1. The minimum absolute atomic E-state index is 0.0259. The molecule has 1 rings (SSSR count). The van der Waals surface area contributed by atoms with Gasteiger partial charge in [0.05, 0.1) is 12.5 Å². The van der Waals surface area contributed by atoms with Crippen molar-refractivity contribution in [2.75, 3.05) is 26.7 Å². The van der Waals surface area contributed by atoms with Gasteiger partial charge >= 0.3 is 5.97 Å². The Kier molecular flexibility index (Phi) is 4.39. The minimum Gasteiger partial charge on any atom is -0.466 e. The summed E-state index contributed by atoms with van der Waals surface area (Å²) in [6.45, 7) is 6.56. The first kappa shape index (κ1) is 11.5. The quantitative estimate of drug-likeness (QED) is 0.646. The van der Waals surface area contributed by atoms with Crippen LogP contribution in [0.1, 0.15) is 26.7 Å². The summed E-state index contributed by atoms with van der Waals surface area (Å²) in [7, 11) is 2.13. The predicted molar refractivity (Wildman–Crippen MR) is 56.0 cm³/mol. The fraction of sp³-hybridized carbons (Fsp3) is 0.909. The van der Waals surface area contributed by atoms with Gasteiger partial charge in [0.1, 0.15) is 0 Å². The number of piperidine rings is 1. The fourth-order valence-corrected chi connectivity index (χ4v) is 1.99. The van der Waals surface area contributed by atoms with E-state index in [1.165, 1.54) is 0 Å². The van der Waals surface area contributed by atoms with Gasteiger partial charge in [0.15, 0.2) is 0 Å². The van der Waals surface area contributed by atoms with Crippen LogP contribution in [0.3, 0.4) is 0 Å². The first-order valence-corrected chi connectivity index (χ1v) is 5.50. The van der Waals surface area contributed by atoms with Crippen LogP contribution in [-0.4, -0.2) is 37.6 Å². The summed E-state index contributed by atoms with van der Waals surface area (Å²) < 4.78 is 5.03. The average Bonchev–Trinajstić information content (AvgIpc) is 2.18. The van der Waals surface area contributed by atoms with Gasteiger partial charge in [0, 0.05) is 0 Å². The second-order valence-corrected chi connectivity index (χ2v) is 4.18. The molecular weight excluding hydrogens is 178 g/mol. The van der Waals surface area contributed by atoms with Gasteiger partial charge in [-0.05, 0) is 45.8 Å². The molecule has 1 heterocycles. The van der Waals surface area contributed by atoms with E-state index in [9.17, 15) is 4.79 Å². The van der Waals surface area contributed by atoms with Crippen LogP contribution in [0.15, 0.2) is 0 Å². The summed E-state index contributed by atoms with van der Waals surface area (Å²) in [5.41, 5.74) is 0. The Morgan fingerprint density at radius 1 is 1.50 bits per heavy atom. The molecule has 0 aliphatic carbocycles. The van der Waals surface area contributed by atoms with Crippen LogP contribution < -0.4 is 0 Å². The van der Waals surface area contributed by atoms with Crippen molar-refractivity contribution in [2.45, 2.75) is 26.7 Å². The maximum atomic E-state index is 11.5. The highest BCUT2D eigenvalue weighted by Gasteiger charge is 2.27. The van der Waals surface area contributed by atoms with Crippen LogP contribution in [0.2, 0.25) is 0 Å². The van der Waals surface area contributed by atoms with E-state index >= 15 is 0 Å². The van der Waals surface area contributed by atoms with E-state index in [1.807, 2.05) is 13.8 Å². The number of hydrogen-bond acceptors (Lipinski definition) is 3. The largest absolute Gasteiger partial charge is 0.466 e. The summed E-state index contributed by atoms with van der Waals surface area (Å²) in [6, 6.07) is 0. The smallest absolute Gasteiger partial charge is 0.308 e. The SMILES string of the molecule is CCOC(=O)C(C)C1CCN(C)CC1. The molecule has 82 valence electrons. The maximum Gasteiger partial charge on any atom is 0.308 e. The summed E-state index contributed by atoms with van der Waals surface area (Å²) in [5.74, 6) is 0.566. The van der Waals surface area contributed by atoms with Crippen molar-refractivity contribution in [3.05, 3.63) is 0 Å². The van der Waals surface area contributed by atoms with E-state index in [0.717, 1.165) is 25.9 Å². The maximum absolute atomic E-state index is 11.5. The van der Waals surface area contributed by atoms with Crippen LogP contribution in [0, 0.1) is 11.8 Å². The average molecular weight is 199 g/mol. The number of hydrogen-bond donors (Lipinski definition) is 0. The number of esters is 1. The molecule has 3 heteroatoms. The zero-order chi connectivity index (χ0) is 10.6. The highest BCUT2D eigenvalue weighted by atomic mass is 16.5. The fourth-order valence-electron chi connectivity index (χ4n) is 1.99. The molecule has 0 aromatic carbocycles. The van der Waals surface area contributed by atoms with Crippen molar-refractivity contribution < 1.29 is 9.53 Å². The lowest BCUT2D eigenvalue weighted by Crippen LogP contribution is -2.35. The standard InChI is InChI=1S/C11H21NO2/c1-4-14-11(13)9(2)10-5-7-12(3)8-6-10/h9-10H,4-8H2,1-3H3. The monoisotopic (exact) mass is 199 g/mol. The van der Waals surface area contributed by atoms with Crippen molar-refractivity contribution in [2.24, 2.45) is 11.8 Å². The van der Waals surface area contributed by atoms with Crippen molar-refractivity contribution in [1.29, 1.82) is 0 Å². The highest BCUT2D eigenvalue weighted by Crippen LogP contribution is 2.24. The van der Waals surface area contributed by atoms with Gasteiger partial charge in [-0.15, -0.1) is 0 Å². The van der Waals surface area contributed by atoms with Gasteiger partial charge in [-0.25, -0.2) is 0 Å². The second-order valence-electron chi connectivity index (χ2n) is 4.18. The molecule has 0 N–H and O–H groups in total. The van der Waals surface area contributed by atoms with Crippen molar-refractivity contribution in [3.63, 3.8) is 0 Å². The molecule has 0 spiro atoms. The van der Waals surface area contributed by atoms with Gasteiger partial charge in [-0.3, -0.25) is 4.79 Å². The summed E-state index contributed by atoms with van der Waals surface area (Å²) in [6.07, 6.45) is 2.24. The zero-order valence-electron chi connectivity index (χ0n) is 9.45. The van der Waals surface area contributed by atoms with Crippen LogP contribution in [0.25, 0.3) is 0 Å². The highest BCUT2D eigenvalue weighted by molar-refractivity contribution is 5.72. The zero-order valence-corrected chi connectivity index (χ0v) is 9.45. The number of likely N-dealkylation sites (tertiary alicyclic amines) is 1. The van der Waals surface area contributed by atoms with Crippen LogP contribution in [0.4, 0.5) is 0 Å². The molecular formula is C11H21NO2. The Morgan fingerprint density at radius 3 is 2.57 bits per heavy atom. The van der Waals surface area contributed by atoms with Crippen LogP contribution in [-0.2, 0) is 9.53 Å². The Bertz CT molecular complexity index is 186. The van der Waals surface area contributed by atoms with Gasteiger partial charge in [-0.2, -0.15) is 0 Å². The molecule has 1 fully saturated rings. The van der Waals surface area contributed by atoms with Crippen molar-refractivity contribution in [1.82, 2.24) is 4.90 Å². The Labute approximate surface area is 86.4 Å². The van der Waals surface area contributed by atoms with Crippen LogP contribution >= 0.6 is 0 Å². The summed E-state index contributed by atoms with van der Waals surface area (Å²) in [4.78, 5) is 13.8.